The molecule has 1 aromatic heterocycles. The molecule has 0 fully saturated rings. The molecule has 1 aromatic carbocycles. The number of aryl methyl sites for hydroxylation is 1. The van der Waals surface area contributed by atoms with Crippen LogP contribution in [0.4, 0.5) is 4.39 Å². The van der Waals surface area contributed by atoms with Gasteiger partial charge in [-0.3, -0.25) is 4.98 Å². The van der Waals surface area contributed by atoms with Crippen LogP contribution in [-0.2, 0) is 0 Å². The van der Waals surface area contributed by atoms with Crippen molar-refractivity contribution in [2.75, 3.05) is 14.2 Å². The highest BCUT2D eigenvalue weighted by Crippen LogP contribution is 2.29. The van der Waals surface area contributed by atoms with Crippen LogP contribution in [0.3, 0.4) is 0 Å². The van der Waals surface area contributed by atoms with Crippen LogP contribution >= 0.6 is 0 Å². The molecule has 3 nitrogen and oxygen atoms in total. The standard InChI is InChI=1S/C15H17FN2O/c1-10-9-11(16)6-7-12(10)14(17-2)15-13(19-3)5-4-8-18-15/h4-9,14,17H,1-3H3. The average Bonchev–Trinajstić information content (AvgIpc) is 2.42. The summed E-state index contributed by atoms with van der Waals surface area (Å²) in [6, 6.07) is 8.33. The smallest absolute Gasteiger partial charge is 0.142 e. The van der Waals surface area contributed by atoms with Crippen LogP contribution in [0, 0.1) is 12.7 Å². The zero-order valence-corrected chi connectivity index (χ0v) is 11.3. The molecule has 2 aromatic rings. The van der Waals surface area contributed by atoms with Gasteiger partial charge in [-0.2, -0.15) is 0 Å². The number of ether oxygens (including phenoxy) is 1. The van der Waals surface area contributed by atoms with Crippen LogP contribution in [0.25, 0.3) is 0 Å². The Morgan fingerprint density at radius 3 is 2.74 bits per heavy atom. The van der Waals surface area contributed by atoms with Crippen LogP contribution in [-0.4, -0.2) is 19.1 Å². The van der Waals surface area contributed by atoms with Gasteiger partial charge in [-0.25, -0.2) is 4.39 Å². The van der Waals surface area contributed by atoms with Gasteiger partial charge in [0.05, 0.1) is 13.2 Å². The molecule has 1 heterocycles. The Morgan fingerprint density at radius 2 is 2.11 bits per heavy atom. The molecule has 0 saturated heterocycles. The van der Waals surface area contributed by atoms with Crippen LogP contribution in [0.5, 0.6) is 5.75 Å². The van der Waals surface area contributed by atoms with Gasteiger partial charge in [0.25, 0.3) is 0 Å². The van der Waals surface area contributed by atoms with Crippen LogP contribution in [0.15, 0.2) is 36.5 Å². The molecule has 100 valence electrons. The summed E-state index contributed by atoms with van der Waals surface area (Å²) < 4.78 is 18.5. The molecule has 0 aliphatic heterocycles. The maximum atomic E-state index is 13.2. The van der Waals surface area contributed by atoms with E-state index in [-0.39, 0.29) is 11.9 Å². The van der Waals surface area contributed by atoms with Crippen molar-refractivity contribution < 1.29 is 9.13 Å². The van der Waals surface area contributed by atoms with E-state index in [4.69, 9.17) is 4.74 Å². The van der Waals surface area contributed by atoms with E-state index >= 15 is 0 Å². The molecule has 4 heteroatoms. The summed E-state index contributed by atoms with van der Waals surface area (Å²) in [4.78, 5) is 4.38. The van der Waals surface area contributed by atoms with Crippen molar-refractivity contribution in [1.29, 1.82) is 0 Å². The largest absolute Gasteiger partial charge is 0.495 e. The molecule has 0 radical (unpaired) electrons. The number of nitrogens with zero attached hydrogens (tertiary/aromatic N) is 1. The highest BCUT2D eigenvalue weighted by molar-refractivity contribution is 5.40. The van der Waals surface area contributed by atoms with Crippen molar-refractivity contribution in [2.45, 2.75) is 13.0 Å². The number of aromatic nitrogens is 1. The highest BCUT2D eigenvalue weighted by atomic mass is 19.1. The molecule has 1 unspecified atom stereocenters. The second-order valence-corrected chi connectivity index (χ2v) is 4.31. The maximum Gasteiger partial charge on any atom is 0.142 e. The summed E-state index contributed by atoms with van der Waals surface area (Å²) in [5, 5.41) is 3.20. The molecule has 1 atom stereocenters. The lowest BCUT2D eigenvalue weighted by molar-refractivity contribution is 0.401. The zero-order valence-electron chi connectivity index (χ0n) is 11.3. The molecule has 19 heavy (non-hydrogen) atoms. The number of nitrogens with one attached hydrogen (secondary N) is 1. The molecule has 1 N–H and O–H groups in total. The number of hydrogen-bond acceptors (Lipinski definition) is 3. The van der Waals surface area contributed by atoms with Crippen LogP contribution < -0.4 is 10.1 Å². The lowest BCUT2D eigenvalue weighted by atomic mass is 9.98. The Labute approximate surface area is 112 Å². The minimum absolute atomic E-state index is 0.128. The molecule has 0 spiro atoms. The van der Waals surface area contributed by atoms with E-state index in [0.29, 0.717) is 5.75 Å². The minimum atomic E-state index is -0.232. The van der Waals surface area contributed by atoms with Crippen molar-refractivity contribution in [1.82, 2.24) is 10.3 Å². The summed E-state index contributed by atoms with van der Waals surface area (Å²) in [7, 11) is 3.46. The van der Waals surface area contributed by atoms with E-state index in [1.165, 1.54) is 12.1 Å². The van der Waals surface area contributed by atoms with Gasteiger partial charge in [-0.15, -0.1) is 0 Å². The molecular weight excluding hydrogens is 243 g/mol. The first kappa shape index (κ1) is 13.5. The highest BCUT2D eigenvalue weighted by Gasteiger charge is 2.19. The first-order valence-corrected chi connectivity index (χ1v) is 6.09. The fraction of sp³-hybridized carbons (Fsp3) is 0.267. The lowest BCUT2D eigenvalue weighted by Crippen LogP contribution is -2.20. The minimum Gasteiger partial charge on any atom is -0.495 e. The van der Waals surface area contributed by atoms with E-state index in [1.54, 1.807) is 19.4 Å². The van der Waals surface area contributed by atoms with Crippen molar-refractivity contribution in [3.8, 4) is 5.75 Å². The normalized spacial score (nSPS) is 12.2. The third kappa shape index (κ3) is 2.74. The van der Waals surface area contributed by atoms with Gasteiger partial charge in [0.15, 0.2) is 0 Å². The quantitative estimate of drug-likeness (QED) is 0.918. The Kier molecular flexibility index (Phi) is 4.12. The molecule has 2 rings (SSSR count). The Bertz CT molecular complexity index is 572. The second-order valence-electron chi connectivity index (χ2n) is 4.31. The number of benzene rings is 1. The average molecular weight is 260 g/mol. The van der Waals surface area contributed by atoms with Crippen molar-refractivity contribution in [2.24, 2.45) is 0 Å². The van der Waals surface area contributed by atoms with E-state index in [2.05, 4.69) is 10.3 Å². The van der Waals surface area contributed by atoms with Gasteiger partial charge >= 0.3 is 0 Å². The molecule has 0 aliphatic carbocycles. The third-order valence-electron chi connectivity index (χ3n) is 3.12. The fourth-order valence-corrected chi connectivity index (χ4v) is 2.19. The first-order valence-electron chi connectivity index (χ1n) is 6.09. The Hall–Kier alpha value is -1.94. The summed E-state index contributed by atoms with van der Waals surface area (Å²) in [6.45, 7) is 1.89. The van der Waals surface area contributed by atoms with Crippen LogP contribution in [0.2, 0.25) is 0 Å². The fourth-order valence-electron chi connectivity index (χ4n) is 2.19. The van der Waals surface area contributed by atoms with E-state index < -0.39 is 0 Å². The lowest BCUT2D eigenvalue weighted by Gasteiger charge is -2.20. The number of halogens is 1. The Morgan fingerprint density at radius 1 is 1.32 bits per heavy atom. The number of hydrogen-bond donors (Lipinski definition) is 1. The second kappa shape index (κ2) is 5.80. The van der Waals surface area contributed by atoms with Gasteiger partial charge in [-0.05, 0) is 49.4 Å². The first-order chi connectivity index (χ1) is 9.17. The van der Waals surface area contributed by atoms with Crippen LogP contribution in [0.1, 0.15) is 22.9 Å². The van der Waals surface area contributed by atoms with Gasteiger partial charge < -0.3 is 10.1 Å². The molecule has 0 bridgehead atoms. The Balaban J connectivity index is 2.50. The van der Waals surface area contributed by atoms with E-state index in [0.717, 1.165) is 16.8 Å². The summed E-state index contributed by atoms with van der Waals surface area (Å²) in [5.41, 5.74) is 2.66. The predicted molar refractivity (Wildman–Crippen MR) is 72.8 cm³/mol. The van der Waals surface area contributed by atoms with Crippen molar-refractivity contribution >= 4 is 0 Å². The topological polar surface area (TPSA) is 34.2 Å². The molecule has 0 amide bonds. The predicted octanol–water partition coefficient (Wildman–Crippen LogP) is 2.85. The molecule has 0 saturated carbocycles. The maximum absolute atomic E-state index is 13.2. The van der Waals surface area contributed by atoms with Gasteiger partial charge in [-0.1, -0.05) is 6.07 Å². The third-order valence-corrected chi connectivity index (χ3v) is 3.12. The summed E-state index contributed by atoms with van der Waals surface area (Å²) in [6.07, 6.45) is 1.72. The van der Waals surface area contributed by atoms with Gasteiger partial charge in [0, 0.05) is 6.20 Å². The molecular formula is C15H17FN2O. The zero-order chi connectivity index (χ0) is 13.8. The number of pyridine rings is 1. The van der Waals surface area contributed by atoms with Gasteiger partial charge in [0.2, 0.25) is 0 Å². The number of rotatable bonds is 4. The SMILES string of the molecule is CNC(c1ccc(F)cc1C)c1ncccc1OC. The molecule has 0 aliphatic rings. The summed E-state index contributed by atoms with van der Waals surface area (Å²) in [5.74, 6) is 0.481. The van der Waals surface area contributed by atoms with Crippen molar-refractivity contribution in [3.63, 3.8) is 0 Å². The summed E-state index contributed by atoms with van der Waals surface area (Å²) >= 11 is 0. The van der Waals surface area contributed by atoms with E-state index in [9.17, 15) is 4.39 Å². The van der Waals surface area contributed by atoms with Crippen molar-refractivity contribution in [3.05, 3.63) is 59.2 Å². The van der Waals surface area contributed by atoms with Gasteiger partial charge in [0.1, 0.15) is 17.3 Å². The monoisotopic (exact) mass is 260 g/mol. The number of methoxy groups -OCH3 is 1. The van der Waals surface area contributed by atoms with E-state index in [1.807, 2.05) is 26.1 Å².